The van der Waals surface area contributed by atoms with Gasteiger partial charge in [-0.05, 0) is 40.4 Å². The van der Waals surface area contributed by atoms with Gasteiger partial charge in [0.1, 0.15) is 0 Å². The molecular weight excluding hydrogens is 240 g/mol. The first-order valence-corrected chi connectivity index (χ1v) is 6.89. The molecule has 3 heteroatoms. The van der Waals surface area contributed by atoms with E-state index in [4.69, 9.17) is 5.73 Å². The summed E-state index contributed by atoms with van der Waals surface area (Å²) < 4.78 is 0. The number of nitrogens with two attached hydrogens (primary N) is 1. The summed E-state index contributed by atoms with van der Waals surface area (Å²) in [6.45, 7) is 0. The van der Waals surface area contributed by atoms with Crippen LogP contribution in [0.3, 0.4) is 0 Å². The highest BCUT2D eigenvalue weighted by molar-refractivity contribution is 7.07. The maximum atomic E-state index is 6.32. The summed E-state index contributed by atoms with van der Waals surface area (Å²) >= 11 is 1.71. The van der Waals surface area contributed by atoms with E-state index in [-0.39, 0.29) is 6.04 Å². The van der Waals surface area contributed by atoms with Crippen molar-refractivity contribution in [3.05, 3.63) is 64.5 Å². The van der Waals surface area contributed by atoms with Gasteiger partial charge in [0, 0.05) is 17.6 Å². The van der Waals surface area contributed by atoms with Crippen LogP contribution < -0.4 is 5.73 Å². The Balaban J connectivity index is 1.98. The first-order valence-electron chi connectivity index (χ1n) is 5.95. The van der Waals surface area contributed by atoms with Crippen molar-refractivity contribution in [1.29, 1.82) is 0 Å². The summed E-state index contributed by atoms with van der Waals surface area (Å²) in [5.74, 6) is 0. The van der Waals surface area contributed by atoms with E-state index >= 15 is 0 Å². The molecule has 2 nitrogen and oxygen atoms in total. The quantitative estimate of drug-likeness (QED) is 0.776. The maximum Gasteiger partial charge on any atom is 0.0749 e. The number of pyridine rings is 1. The second kappa shape index (κ2) is 4.88. The van der Waals surface area contributed by atoms with Gasteiger partial charge in [-0.3, -0.25) is 4.98 Å². The van der Waals surface area contributed by atoms with Crippen molar-refractivity contribution in [2.45, 2.75) is 12.5 Å². The predicted molar refractivity (Wildman–Crippen MR) is 76.7 cm³/mol. The van der Waals surface area contributed by atoms with Gasteiger partial charge in [-0.15, -0.1) is 0 Å². The van der Waals surface area contributed by atoms with E-state index in [1.807, 2.05) is 18.3 Å². The van der Waals surface area contributed by atoms with Crippen LogP contribution in [0.1, 0.15) is 17.2 Å². The maximum absolute atomic E-state index is 6.32. The van der Waals surface area contributed by atoms with E-state index < -0.39 is 0 Å². The Hall–Kier alpha value is -1.71. The number of nitrogens with zero attached hydrogens (tertiary/aromatic N) is 1. The van der Waals surface area contributed by atoms with Crippen molar-refractivity contribution in [3.8, 4) is 0 Å². The van der Waals surface area contributed by atoms with Crippen LogP contribution in [0.15, 0.2) is 53.4 Å². The van der Waals surface area contributed by atoms with Gasteiger partial charge in [0.25, 0.3) is 0 Å². The Morgan fingerprint density at radius 3 is 2.89 bits per heavy atom. The largest absolute Gasteiger partial charge is 0.324 e. The van der Waals surface area contributed by atoms with Crippen LogP contribution in [0.4, 0.5) is 0 Å². The number of aromatic nitrogens is 1. The molecule has 0 bridgehead atoms. The molecule has 2 N–H and O–H groups in total. The van der Waals surface area contributed by atoms with Crippen LogP contribution in [0.25, 0.3) is 10.9 Å². The first-order chi connectivity index (χ1) is 8.84. The third-order valence-electron chi connectivity index (χ3n) is 3.10. The van der Waals surface area contributed by atoms with E-state index in [9.17, 15) is 0 Å². The molecule has 0 spiro atoms. The molecule has 1 unspecified atom stereocenters. The van der Waals surface area contributed by atoms with E-state index in [1.165, 1.54) is 5.56 Å². The topological polar surface area (TPSA) is 38.9 Å². The molecule has 2 aromatic heterocycles. The van der Waals surface area contributed by atoms with E-state index in [1.54, 1.807) is 11.3 Å². The fourth-order valence-corrected chi connectivity index (χ4v) is 2.88. The molecule has 0 saturated heterocycles. The van der Waals surface area contributed by atoms with Gasteiger partial charge < -0.3 is 5.73 Å². The normalized spacial score (nSPS) is 12.7. The number of benzene rings is 1. The molecule has 18 heavy (non-hydrogen) atoms. The second-order valence-corrected chi connectivity index (χ2v) is 5.14. The minimum atomic E-state index is -0.00167. The smallest absolute Gasteiger partial charge is 0.0749 e. The molecule has 3 rings (SSSR count). The van der Waals surface area contributed by atoms with Crippen molar-refractivity contribution in [2.75, 3.05) is 0 Å². The summed E-state index contributed by atoms with van der Waals surface area (Å²) in [5, 5.41) is 5.39. The van der Waals surface area contributed by atoms with Gasteiger partial charge in [0.15, 0.2) is 0 Å². The van der Waals surface area contributed by atoms with Crippen LogP contribution in [-0.2, 0) is 6.42 Å². The van der Waals surface area contributed by atoms with Crippen molar-refractivity contribution in [3.63, 3.8) is 0 Å². The zero-order valence-electron chi connectivity index (χ0n) is 9.91. The monoisotopic (exact) mass is 254 g/mol. The zero-order valence-corrected chi connectivity index (χ0v) is 10.7. The molecule has 0 saturated carbocycles. The van der Waals surface area contributed by atoms with Crippen LogP contribution in [0.5, 0.6) is 0 Å². The van der Waals surface area contributed by atoms with E-state index in [0.29, 0.717) is 0 Å². The lowest BCUT2D eigenvalue weighted by Crippen LogP contribution is -2.13. The molecule has 90 valence electrons. The molecule has 0 amide bonds. The standard InChI is InChI=1S/C15H14N2S/c16-14(9-11-6-8-18-10-11)13-5-1-3-12-4-2-7-17-15(12)13/h1-8,10,14H,9,16H2. The Labute approximate surface area is 110 Å². The molecule has 2 heterocycles. The van der Waals surface area contributed by atoms with Crippen LogP contribution in [-0.4, -0.2) is 4.98 Å². The fraction of sp³-hybridized carbons (Fsp3) is 0.133. The van der Waals surface area contributed by atoms with Crippen molar-refractivity contribution >= 4 is 22.2 Å². The Bertz CT molecular complexity index is 641. The van der Waals surface area contributed by atoms with Gasteiger partial charge in [-0.25, -0.2) is 0 Å². The minimum Gasteiger partial charge on any atom is -0.324 e. The van der Waals surface area contributed by atoms with Crippen LogP contribution >= 0.6 is 11.3 Å². The number of hydrogen-bond acceptors (Lipinski definition) is 3. The Morgan fingerprint density at radius 1 is 1.17 bits per heavy atom. The van der Waals surface area contributed by atoms with Crippen LogP contribution in [0.2, 0.25) is 0 Å². The molecule has 1 atom stereocenters. The number of hydrogen-bond donors (Lipinski definition) is 1. The van der Waals surface area contributed by atoms with E-state index in [2.05, 4.69) is 40.0 Å². The Kier molecular flexibility index (Phi) is 3.09. The average Bonchev–Trinajstić information content (AvgIpc) is 2.91. The first kappa shape index (κ1) is 11.4. The number of thiophene rings is 1. The van der Waals surface area contributed by atoms with Crippen molar-refractivity contribution in [2.24, 2.45) is 5.73 Å². The predicted octanol–water partition coefficient (Wildman–Crippen LogP) is 3.54. The highest BCUT2D eigenvalue weighted by Gasteiger charge is 2.11. The average molecular weight is 254 g/mol. The Morgan fingerprint density at radius 2 is 2.06 bits per heavy atom. The van der Waals surface area contributed by atoms with Gasteiger partial charge >= 0.3 is 0 Å². The summed E-state index contributed by atoms with van der Waals surface area (Å²) in [6.07, 6.45) is 2.68. The number of fused-ring (bicyclic) bond motifs is 1. The van der Waals surface area contributed by atoms with Gasteiger partial charge in [0.2, 0.25) is 0 Å². The van der Waals surface area contributed by atoms with Crippen molar-refractivity contribution < 1.29 is 0 Å². The molecular formula is C15H14N2S. The third kappa shape index (κ3) is 2.15. The number of rotatable bonds is 3. The lowest BCUT2D eigenvalue weighted by molar-refractivity contribution is 0.728. The molecule has 3 aromatic rings. The lowest BCUT2D eigenvalue weighted by atomic mass is 9.99. The summed E-state index contributed by atoms with van der Waals surface area (Å²) in [7, 11) is 0. The van der Waals surface area contributed by atoms with Crippen LogP contribution in [0, 0.1) is 0 Å². The molecule has 0 radical (unpaired) electrons. The highest BCUT2D eigenvalue weighted by Crippen LogP contribution is 2.24. The summed E-state index contributed by atoms with van der Waals surface area (Å²) in [6, 6.07) is 12.4. The second-order valence-electron chi connectivity index (χ2n) is 4.36. The minimum absolute atomic E-state index is 0.00167. The van der Waals surface area contributed by atoms with Crippen molar-refractivity contribution in [1.82, 2.24) is 4.98 Å². The lowest BCUT2D eigenvalue weighted by Gasteiger charge is -2.13. The molecule has 0 aliphatic heterocycles. The van der Waals surface area contributed by atoms with Gasteiger partial charge in [0.05, 0.1) is 5.52 Å². The third-order valence-corrected chi connectivity index (χ3v) is 3.83. The SMILES string of the molecule is NC(Cc1ccsc1)c1cccc2cccnc12. The van der Waals surface area contributed by atoms with Gasteiger partial charge in [-0.2, -0.15) is 11.3 Å². The molecule has 0 aliphatic carbocycles. The van der Waals surface area contributed by atoms with E-state index in [0.717, 1.165) is 22.9 Å². The summed E-state index contributed by atoms with van der Waals surface area (Å²) in [4.78, 5) is 4.45. The molecule has 1 aromatic carbocycles. The molecule has 0 aliphatic rings. The number of para-hydroxylation sites is 1. The van der Waals surface area contributed by atoms with Gasteiger partial charge in [-0.1, -0.05) is 24.3 Å². The zero-order chi connectivity index (χ0) is 12.4. The molecule has 0 fully saturated rings. The highest BCUT2D eigenvalue weighted by atomic mass is 32.1. The fourth-order valence-electron chi connectivity index (χ4n) is 2.20. The summed E-state index contributed by atoms with van der Waals surface area (Å²) in [5.41, 5.74) is 9.75.